The summed E-state index contributed by atoms with van der Waals surface area (Å²) in [4.78, 5) is 26.2. The van der Waals surface area contributed by atoms with Crippen LogP contribution < -0.4 is 10.9 Å². The van der Waals surface area contributed by atoms with E-state index in [1.165, 1.54) is 0 Å². The zero-order valence-corrected chi connectivity index (χ0v) is 12.6. The molecule has 0 fully saturated rings. The smallest absolute Gasteiger partial charge is 0.327 e. The number of halogens is 3. The maximum Gasteiger partial charge on any atom is 0.417 e. The van der Waals surface area contributed by atoms with Gasteiger partial charge in [0.05, 0.1) is 11.5 Å². The lowest BCUT2D eigenvalue weighted by Gasteiger charge is -2.24. The number of fused-ring (bicyclic) bond motifs is 1. The Morgan fingerprint density at radius 3 is 2.75 bits per heavy atom. The van der Waals surface area contributed by atoms with Crippen LogP contribution >= 0.6 is 0 Å². The number of H-pyrrole nitrogens is 1. The number of hydrogen-bond acceptors (Lipinski definition) is 2. The van der Waals surface area contributed by atoms with Crippen molar-refractivity contribution in [2.24, 2.45) is 0 Å². The summed E-state index contributed by atoms with van der Waals surface area (Å²) in [5.41, 5.74) is -0.244. The van der Waals surface area contributed by atoms with Gasteiger partial charge in [0.1, 0.15) is 5.69 Å². The Labute approximate surface area is 135 Å². The Kier molecular flexibility index (Phi) is 4.17. The maximum atomic E-state index is 12.8. The first-order valence-electron chi connectivity index (χ1n) is 7.55. The van der Waals surface area contributed by atoms with Gasteiger partial charge >= 0.3 is 6.18 Å². The van der Waals surface area contributed by atoms with Crippen molar-refractivity contribution in [1.82, 2.24) is 4.98 Å². The molecule has 0 spiro atoms. The summed E-state index contributed by atoms with van der Waals surface area (Å²) in [5.74, 6) is -0.934. The van der Waals surface area contributed by atoms with E-state index < -0.39 is 34.8 Å². The molecular formula is C17H15F3N2O2. The van der Waals surface area contributed by atoms with Gasteiger partial charge in [-0.05, 0) is 36.5 Å². The molecule has 7 heteroatoms. The van der Waals surface area contributed by atoms with Crippen molar-refractivity contribution in [2.75, 3.05) is 5.32 Å². The molecule has 24 heavy (non-hydrogen) atoms. The predicted octanol–water partition coefficient (Wildman–Crippen LogP) is 3.45. The second kappa shape index (κ2) is 6.14. The third-order valence-corrected chi connectivity index (χ3v) is 4.17. The number of aryl methyl sites for hydroxylation is 1. The largest absolute Gasteiger partial charge is 0.417 e. The van der Waals surface area contributed by atoms with E-state index in [4.69, 9.17) is 0 Å². The number of alkyl halides is 3. The Balaban J connectivity index is 1.88. The van der Waals surface area contributed by atoms with Gasteiger partial charge in [-0.3, -0.25) is 9.59 Å². The van der Waals surface area contributed by atoms with E-state index in [1.54, 1.807) is 0 Å². The molecule has 3 rings (SSSR count). The van der Waals surface area contributed by atoms with Crippen molar-refractivity contribution in [1.29, 1.82) is 0 Å². The zero-order valence-electron chi connectivity index (χ0n) is 12.6. The lowest BCUT2D eigenvalue weighted by molar-refractivity contribution is -0.137. The van der Waals surface area contributed by atoms with Gasteiger partial charge in [0, 0.05) is 6.20 Å². The zero-order chi connectivity index (χ0) is 17.3. The van der Waals surface area contributed by atoms with Crippen LogP contribution in [-0.4, -0.2) is 10.9 Å². The Hall–Kier alpha value is -2.57. The highest BCUT2D eigenvalue weighted by atomic mass is 19.4. The normalized spacial score (nSPS) is 17.2. The summed E-state index contributed by atoms with van der Waals surface area (Å²) in [6.07, 6.45) is -1.73. The van der Waals surface area contributed by atoms with Crippen LogP contribution in [0, 0.1) is 0 Å². The van der Waals surface area contributed by atoms with E-state index in [9.17, 15) is 22.8 Å². The molecule has 0 saturated carbocycles. The monoisotopic (exact) mass is 336 g/mol. The standard InChI is InChI=1S/C17H15F3N2O2/c18-17(19,20)11-8-14(16(24)21-9-11)22-15(23)13-7-3-5-10-4-1-2-6-12(10)13/h1-2,4,6,8-9,13H,3,5,7H2,(H,21,24)(H,22,23)/t13-/m1/s1. The van der Waals surface area contributed by atoms with Gasteiger partial charge in [-0.15, -0.1) is 0 Å². The summed E-state index contributed by atoms with van der Waals surface area (Å²) in [5, 5.41) is 2.35. The first kappa shape index (κ1) is 16.3. The molecule has 1 aliphatic rings. The van der Waals surface area contributed by atoms with E-state index in [-0.39, 0.29) is 0 Å². The second-order valence-corrected chi connectivity index (χ2v) is 5.76. The van der Waals surface area contributed by atoms with Crippen LogP contribution in [0.4, 0.5) is 18.9 Å². The summed E-state index contributed by atoms with van der Waals surface area (Å²) in [7, 11) is 0. The molecule has 0 radical (unpaired) electrons. The van der Waals surface area contributed by atoms with Gasteiger partial charge in [0.15, 0.2) is 0 Å². The van der Waals surface area contributed by atoms with Crippen molar-refractivity contribution < 1.29 is 18.0 Å². The number of amides is 1. The topological polar surface area (TPSA) is 62.0 Å². The summed E-state index contributed by atoms with van der Waals surface area (Å²) in [6, 6.07) is 8.14. The van der Waals surface area contributed by atoms with Crippen LogP contribution in [0.5, 0.6) is 0 Å². The molecule has 1 atom stereocenters. The third-order valence-electron chi connectivity index (χ3n) is 4.17. The van der Waals surface area contributed by atoms with Crippen LogP contribution in [-0.2, 0) is 17.4 Å². The number of aromatic amines is 1. The molecule has 0 bridgehead atoms. The van der Waals surface area contributed by atoms with Crippen LogP contribution in [0.2, 0.25) is 0 Å². The van der Waals surface area contributed by atoms with Crippen LogP contribution in [0.3, 0.4) is 0 Å². The molecule has 0 saturated heterocycles. The molecule has 1 heterocycles. The lowest BCUT2D eigenvalue weighted by Crippen LogP contribution is -2.28. The van der Waals surface area contributed by atoms with E-state index in [0.717, 1.165) is 24.0 Å². The molecule has 0 unspecified atom stereocenters. The highest BCUT2D eigenvalue weighted by Crippen LogP contribution is 2.33. The van der Waals surface area contributed by atoms with Crippen LogP contribution in [0.1, 0.15) is 35.4 Å². The fourth-order valence-electron chi connectivity index (χ4n) is 2.99. The van der Waals surface area contributed by atoms with Crippen molar-refractivity contribution >= 4 is 11.6 Å². The SMILES string of the molecule is O=C(Nc1cc(C(F)(F)F)c[nH]c1=O)[C@@H]1CCCc2ccccc21. The maximum absolute atomic E-state index is 12.8. The molecule has 1 amide bonds. The van der Waals surface area contributed by atoms with Gasteiger partial charge in [0.2, 0.25) is 5.91 Å². The number of hydrogen-bond donors (Lipinski definition) is 2. The van der Waals surface area contributed by atoms with Crippen molar-refractivity contribution in [3.05, 3.63) is 63.6 Å². The Morgan fingerprint density at radius 1 is 1.25 bits per heavy atom. The third kappa shape index (κ3) is 3.20. The number of carbonyl (C=O) groups is 1. The number of carbonyl (C=O) groups excluding carboxylic acids is 1. The molecular weight excluding hydrogens is 321 g/mol. The molecule has 4 nitrogen and oxygen atoms in total. The minimum absolute atomic E-state index is 0.391. The van der Waals surface area contributed by atoms with Crippen molar-refractivity contribution in [3.8, 4) is 0 Å². The first-order valence-corrected chi connectivity index (χ1v) is 7.55. The van der Waals surface area contributed by atoms with Gasteiger partial charge in [-0.25, -0.2) is 0 Å². The Morgan fingerprint density at radius 2 is 2.00 bits per heavy atom. The van der Waals surface area contributed by atoms with E-state index in [0.29, 0.717) is 18.7 Å². The van der Waals surface area contributed by atoms with Gasteiger partial charge in [-0.1, -0.05) is 24.3 Å². The molecule has 126 valence electrons. The minimum atomic E-state index is -4.60. The highest BCUT2D eigenvalue weighted by Gasteiger charge is 2.32. The number of anilines is 1. The second-order valence-electron chi connectivity index (χ2n) is 5.76. The quantitative estimate of drug-likeness (QED) is 0.882. The average Bonchev–Trinajstić information content (AvgIpc) is 2.55. The van der Waals surface area contributed by atoms with Crippen molar-refractivity contribution in [3.63, 3.8) is 0 Å². The Bertz CT molecular complexity index is 827. The minimum Gasteiger partial charge on any atom is -0.327 e. The van der Waals surface area contributed by atoms with Crippen molar-refractivity contribution in [2.45, 2.75) is 31.4 Å². The van der Waals surface area contributed by atoms with E-state index in [1.807, 2.05) is 29.2 Å². The van der Waals surface area contributed by atoms with Crippen LogP contribution in [0.25, 0.3) is 0 Å². The molecule has 0 aliphatic heterocycles. The number of pyridine rings is 1. The summed E-state index contributed by atoms with van der Waals surface area (Å²) in [6.45, 7) is 0. The van der Waals surface area contributed by atoms with Gasteiger partial charge < -0.3 is 10.3 Å². The number of rotatable bonds is 2. The first-order chi connectivity index (χ1) is 11.4. The summed E-state index contributed by atoms with van der Waals surface area (Å²) < 4.78 is 38.3. The van der Waals surface area contributed by atoms with E-state index >= 15 is 0 Å². The van der Waals surface area contributed by atoms with Gasteiger partial charge in [0.25, 0.3) is 5.56 Å². The van der Waals surface area contributed by atoms with E-state index in [2.05, 4.69) is 5.32 Å². The van der Waals surface area contributed by atoms with Crippen LogP contribution in [0.15, 0.2) is 41.3 Å². The van der Waals surface area contributed by atoms with Gasteiger partial charge in [-0.2, -0.15) is 13.2 Å². The fraction of sp³-hybridized carbons (Fsp3) is 0.294. The predicted molar refractivity (Wildman–Crippen MR) is 82.8 cm³/mol. The number of nitrogens with one attached hydrogen (secondary N) is 2. The number of aromatic nitrogens is 1. The molecule has 2 aromatic rings. The average molecular weight is 336 g/mol. The fourth-order valence-corrected chi connectivity index (χ4v) is 2.99. The highest BCUT2D eigenvalue weighted by molar-refractivity contribution is 5.96. The molecule has 1 aromatic carbocycles. The molecule has 1 aliphatic carbocycles. The molecule has 2 N–H and O–H groups in total. The number of benzene rings is 1. The molecule has 1 aromatic heterocycles. The summed E-state index contributed by atoms with van der Waals surface area (Å²) >= 11 is 0. The lowest BCUT2D eigenvalue weighted by atomic mass is 9.82.